The molecule has 1 heterocycles. The molecule has 0 bridgehead atoms. The number of nitrogens with one attached hydrogen (secondary N) is 1. The zero-order valence-electron chi connectivity index (χ0n) is 6.59. The molecule has 0 saturated carbocycles. The summed E-state index contributed by atoms with van der Waals surface area (Å²) in [6, 6.07) is 0.642. The topological polar surface area (TPSA) is 21.3 Å². The molecule has 0 spiro atoms. The van der Waals surface area contributed by atoms with Gasteiger partial charge in [-0.05, 0) is 26.3 Å². The van der Waals surface area contributed by atoms with Crippen molar-refractivity contribution in [2.45, 2.75) is 31.9 Å². The zero-order chi connectivity index (χ0) is 6.69. The predicted octanol–water partition coefficient (Wildman–Crippen LogP) is 1.20. The lowest BCUT2D eigenvalue weighted by Crippen LogP contribution is -2.38. The summed E-state index contributed by atoms with van der Waals surface area (Å²) in [5.74, 6) is 0. The summed E-state index contributed by atoms with van der Waals surface area (Å²) in [4.78, 5) is 0. The van der Waals surface area contributed by atoms with Crippen LogP contribution in [0.3, 0.4) is 0 Å². The molecule has 1 aliphatic heterocycles. The summed E-state index contributed by atoms with van der Waals surface area (Å²) in [7, 11) is 1.79. The SMILES string of the molecule is CO[C@H]1CCN[C@H](C)C1.Cl. The largest absolute Gasteiger partial charge is 0.381 e. The van der Waals surface area contributed by atoms with Gasteiger partial charge in [0.2, 0.25) is 0 Å². The summed E-state index contributed by atoms with van der Waals surface area (Å²) in [6.07, 6.45) is 2.83. The van der Waals surface area contributed by atoms with Gasteiger partial charge in [-0.25, -0.2) is 0 Å². The van der Waals surface area contributed by atoms with E-state index in [0.29, 0.717) is 12.1 Å². The second-order valence-electron chi connectivity index (χ2n) is 2.74. The van der Waals surface area contributed by atoms with Crippen LogP contribution in [0.4, 0.5) is 0 Å². The number of hydrogen-bond donors (Lipinski definition) is 1. The van der Waals surface area contributed by atoms with E-state index in [0.717, 1.165) is 13.0 Å². The standard InChI is InChI=1S/C7H15NO.ClH/c1-6-5-7(9-2)3-4-8-6;/h6-8H,3-5H2,1-2H3;1H/t6-,7+;/m1./s1. The molecule has 0 unspecified atom stereocenters. The molecule has 1 rings (SSSR count). The Hall–Kier alpha value is 0.210. The summed E-state index contributed by atoms with van der Waals surface area (Å²) in [5.41, 5.74) is 0. The van der Waals surface area contributed by atoms with Crippen LogP contribution in [0.25, 0.3) is 0 Å². The fourth-order valence-electron chi connectivity index (χ4n) is 1.30. The molecule has 0 aromatic carbocycles. The van der Waals surface area contributed by atoms with Crippen LogP contribution in [0, 0.1) is 0 Å². The molecule has 10 heavy (non-hydrogen) atoms. The molecule has 0 aromatic heterocycles. The lowest BCUT2D eigenvalue weighted by Gasteiger charge is -2.26. The monoisotopic (exact) mass is 165 g/mol. The molecule has 0 aromatic rings. The van der Waals surface area contributed by atoms with Crippen molar-refractivity contribution in [3.63, 3.8) is 0 Å². The van der Waals surface area contributed by atoms with E-state index >= 15 is 0 Å². The predicted molar refractivity (Wildman–Crippen MR) is 44.7 cm³/mol. The Bertz CT molecular complexity index is 89.7. The van der Waals surface area contributed by atoms with Crippen molar-refractivity contribution in [2.24, 2.45) is 0 Å². The van der Waals surface area contributed by atoms with E-state index in [-0.39, 0.29) is 12.4 Å². The van der Waals surface area contributed by atoms with Gasteiger partial charge in [0, 0.05) is 13.2 Å². The Morgan fingerprint density at radius 1 is 1.50 bits per heavy atom. The molecule has 1 saturated heterocycles. The van der Waals surface area contributed by atoms with E-state index in [9.17, 15) is 0 Å². The third-order valence-electron chi connectivity index (χ3n) is 1.91. The normalized spacial score (nSPS) is 33.0. The molecule has 3 heteroatoms. The van der Waals surface area contributed by atoms with Crippen molar-refractivity contribution >= 4 is 12.4 Å². The Morgan fingerprint density at radius 3 is 2.60 bits per heavy atom. The first-order valence-corrected chi connectivity index (χ1v) is 3.59. The maximum atomic E-state index is 5.22. The Balaban J connectivity index is 0.000000810. The Labute approximate surface area is 68.7 Å². The first-order valence-electron chi connectivity index (χ1n) is 3.59. The van der Waals surface area contributed by atoms with Crippen LogP contribution >= 0.6 is 12.4 Å². The van der Waals surface area contributed by atoms with Crippen molar-refractivity contribution < 1.29 is 4.74 Å². The number of methoxy groups -OCH3 is 1. The van der Waals surface area contributed by atoms with Crippen LogP contribution < -0.4 is 5.32 Å². The van der Waals surface area contributed by atoms with Crippen LogP contribution in [0.15, 0.2) is 0 Å². The second kappa shape index (κ2) is 4.94. The molecular weight excluding hydrogens is 150 g/mol. The third-order valence-corrected chi connectivity index (χ3v) is 1.91. The molecule has 0 amide bonds. The lowest BCUT2D eigenvalue weighted by molar-refractivity contribution is 0.0647. The number of ether oxygens (including phenoxy) is 1. The smallest absolute Gasteiger partial charge is 0.0598 e. The van der Waals surface area contributed by atoms with Crippen molar-refractivity contribution in [2.75, 3.05) is 13.7 Å². The first-order chi connectivity index (χ1) is 4.33. The highest BCUT2D eigenvalue weighted by atomic mass is 35.5. The van der Waals surface area contributed by atoms with Crippen molar-refractivity contribution in [3.05, 3.63) is 0 Å². The lowest BCUT2D eigenvalue weighted by atomic mass is 10.0. The minimum Gasteiger partial charge on any atom is -0.381 e. The van der Waals surface area contributed by atoms with Gasteiger partial charge in [-0.15, -0.1) is 12.4 Å². The van der Waals surface area contributed by atoms with Crippen molar-refractivity contribution in [1.29, 1.82) is 0 Å². The van der Waals surface area contributed by atoms with Gasteiger partial charge in [0.15, 0.2) is 0 Å². The molecule has 2 nitrogen and oxygen atoms in total. The fourth-order valence-corrected chi connectivity index (χ4v) is 1.30. The van der Waals surface area contributed by atoms with Crippen LogP contribution in [0.2, 0.25) is 0 Å². The summed E-state index contributed by atoms with van der Waals surface area (Å²) in [5, 5.41) is 3.37. The van der Waals surface area contributed by atoms with Gasteiger partial charge < -0.3 is 10.1 Å². The Kier molecular flexibility index (Phi) is 5.04. The van der Waals surface area contributed by atoms with E-state index < -0.39 is 0 Å². The van der Waals surface area contributed by atoms with Gasteiger partial charge in [-0.2, -0.15) is 0 Å². The minimum absolute atomic E-state index is 0. The number of hydrogen-bond acceptors (Lipinski definition) is 2. The van der Waals surface area contributed by atoms with Crippen molar-refractivity contribution in [1.82, 2.24) is 5.32 Å². The summed E-state index contributed by atoms with van der Waals surface area (Å²) >= 11 is 0. The molecule has 1 fully saturated rings. The average molecular weight is 166 g/mol. The van der Waals surface area contributed by atoms with E-state index in [4.69, 9.17) is 4.74 Å². The third kappa shape index (κ3) is 2.86. The fraction of sp³-hybridized carbons (Fsp3) is 1.00. The Morgan fingerprint density at radius 2 is 2.20 bits per heavy atom. The summed E-state index contributed by atoms with van der Waals surface area (Å²) in [6.45, 7) is 3.31. The maximum Gasteiger partial charge on any atom is 0.0598 e. The average Bonchev–Trinajstić information content (AvgIpc) is 1.88. The van der Waals surface area contributed by atoms with E-state index in [1.54, 1.807) is 7.11 Å². The number of piperidine rings is 1. The van der Waals surface area contributed by atoms with Gasteiger partial charge in [0.1, 0.15) is 0 Å². The molecule has 62 valence electrons. The van der Waals surface area contributed by atoms with E-state index in [1.807, 2.05) is 0 Å². The van der Waals surface area contributed by atoms with Crippen LogP contribution in [0.1, 0.15) is 19.8 Å². The molecule has 2 atom stereocenters. The zero-order valence-corrected chi connectivity index (χ0v) is 7.41. The highest BCUT2D eigenvalue weighted by Gasteiger charge is 2.16. The molecule has 1 N–H and O–H groups in total. The van der Waals surface area contributed by atoms with Gasteiger partial charge in [-0.3, -0.25) is 0 Å². The molecular formula is C7H16ClNO. The first kappa shape index (κ1) is 10.2. The van der Waals surface area contributed by atoms with Crippen LogP contribution in [-0.2, 0) is 4.74 Å². The quantitative estimate of drug-likeness (QED) is 0.631. The van der Waals surface area contributed by atoms with Gasteiger partial charge >= 0.3 is 0 Å². The van der Waals surface area contributed by atoms with Gasteiger partial charge in [0.25, 0.3) is 0 Å². The molecule has 0 radical (unpaired) electrons. The van der Waals surface area contributed by atoms with Gasteiger partial charge in [0.05, 0.1) is 6.10 Å². The minimum atomic E-state index is 0. The van der Waals surface area contributed by atoms with Crippen LogP contribution in [-0.4, -0.2) is 25.8 Å². The number of halogens is 1. The van der Waals surface area contributed by atoms with E-state index in [2.05, 4.69) is 12.2 Å². The van der Waals surface area contributed by atoms with Gasteiger partial charge in [-0.1, -0.05) is 0 Å². The highest BCUT2D eigenvalue weighted by Crippen LogP contribution is 2.10. The van der Waals surface area contributed by atoms with Crippen molar-refractivity contribution in [3.8, 4) is 0 Å². The van der Waals surface area contributed by atoms with Crippen LogP contribution in [0.5, 0.6) is 0 Å². The molecule has 0 aliphatic carbocycles. The van der Waals surface area contributed by atoms with E-state index in [1.165, 1.54) is 6.42 Å². The summed E-state index contributed by atoms with van der Waals surface area (Å²) < 4.78 is 5.22. The molecule has 1 aliphatic rings. The highest BCUT2D eigenvalue weighted by molar-refractivity contribution is 5.85. The maximum absolute atomic E-state index is 5.22. The second-order valence-corrected chi connectivity index (χ2v) is 2.74. The number of rotatable bonds is 1.